The number of nitrogens with zero attached hydrogens (tertiary/aromatic N) is 1. The molecule has 0 radical (unpaired) electrons. The van der Waals surface area contributed by atoms with Crippen molar-refractivity contribution in [3.63, 3.8) is 0 Å². The average Bonchev–Trinajstić information content (AvgIpc) is 2.35. The van der Waals surface area contributed by atoms with Gasteiger partial charge in [-0.25, -0.2) is 18.0 Å². The van der Waals surface area contributed by atoms with E-state index in [0.29, 0.717) is 11.8 Å². The van der Waals surface area contributed by atoms with Gasteiger partial charge in [0.15, 0.2) is 11.6 Å². The Balaban J connectivity index is 2.50. The van der Waals surface area contributed by atoms with Crippen molar-refractivity contribution in [3.05, 3.63) is 53.1 Å². The van der Waals surface area contributed by atoms with Crippen LogP contribution < -0.4 is 5.32 Å². The van der Waals surface area contributed by atoms with Crippen molar-refractivity contribution < 1.29 is 23.1 Å². The maximum Gasteiger partial charge on any atom is 0.339 e. The maximum atomic E-state index is 13.5. The highest BCUT2D eigenvalue weighted by atomic mass is 19.2. The first-order valence-electron chi connectivity index (χ1n) is 5.50. The van der Waals surface area contributed by atoms with E-state index in [1.165, 1.54) is 6.07 Å². The van der Waals surface area contributed by atoms with Gasteiger partial charge >= 0.3 is 5.97 Å². The summed E-state index contributed by atoms with van der Waals surface area (Å²) in [5, 5.41) is 11.4. The van der Waals surface area contributed by atoms with Crippen molar-refractivity contribution in [2.75, 3.05) is 5.32 Å². The Labute approximate surface area is 111 Å². The number of anilines is 2. The highest BCUT2D eigenvalue weighted by Crippen LogP contribution is 2.25. The number of nitrogens with one attached hydrogen (secondary N) is 1. The third-order valence-corrected chi connectivity index (χ3v) is 2.53. The van der Waals surface area contributed by atoms with Crippen LogP contribution in [0.25, 0.3) is 0 Å². The lowest BCUT2D eigenvalue weighted by molar-refractivity contribution is 0.0697. The van der Waals surface area contributed by atoms with Crippen LogP contribution in [0.1, 0.15) is 16.1 Å². The Hall–Kier alpha value is -2.57. The first kappa shape index (κ1) is 13.9. The second-order valence-electron chi connectivity index (χ2n) is 4.05. The zero-order chi connectivity index (χ0) is 14.9. The molecule has 2 aromatic rings. The summed E-state index contributed by atoms with van der Waals surface area (Å²) in [4.78, 5) is 14.8. The quantitative estimate of drug-likeness (QED) is 0.848. The van der Waals surface area contributed by atoms with E-state index in [4.69, 9.17) is 5.11 Å². The molecular formula is C13H9F3N2O2. The number of carboxylic acid groups (broad SMARTS) is 1. The van der Waals surface area contributed by atoms with Gasteiger partial charge < -0.3 is 10.4 Å². The van der Waals surface area contributed by atoms with Crippen molar-refractivity contribution in [1.82, 2.24) is 4.98 Å². The van der Waals surface area contributed by atoms with E-state index in [-0.39, 0.29) is 11.3 Å². The molecule has 1 aromatic carbocycles. The summed E-state index contributed by atoms with van der Waals surface area (Å²) in [6.45, 7) is 1.60. The van der Waals surface area contributed by atoms with Gasteiger partial charge in [0, 0.05) is 24.0 Å². The second-order valence-corrected chi connectivity index (χ2v) is 4.05. The molecule has 0 aliphatic carbocycles. The molecule has 0 bridgehead atoms. The Kier molecular flexibility index (Phi) is 3.60. The van der Waals surface area contributed by atoms with Gasteiger partial charge in [0.1, 0.15) is 11.4 Å². The summed E-state index contributed by atoms with van der Waals surface area (Å²) < 4.78 is 39.7. The van der Waals surface area contributed by atoms with Gasteiger partial charge in [0.2, 0.25) is 0 Å². The molecule has 0 aliphatic rings. The van der Waals surface area contributed by atoms with Gasteiger partial charge in [0.05, 0.1) is 11.4 Å². The fraction of sp³-hybridized carbons (Fsp3) is 0.0769. The van der Waals surface area contributed by atoms with Crippen molar-refractivity contribution in [3.8, 4) is 0 Å². The van der Waals surface area contributed by atoms with E-state index in [0.717, 1.165) is 12.3 Å². The zero-order valence-electron chi connectivity index (χ0n) is 10.2. The summed E-state index contributed by atoms with van der Waals surface area (Å²) in [6.07, 6.45) is 1.08. The first-order valence-corrected chi connectivity index (χ1v) is 5.50. The Morgan fingerprint density at radius 2 is 1.90 bits per heavy atom. The van der Waals surface area contributed by atoms with Crippen molar-refractivity contribution in [1.29, 1.82) is 0 Å². The van der Waals surface area contributed by atoms with Crippen LogP contribution in [-0.2, 0) is 0 Å². The minimum absolute atomic E-state index is 0.00565. The lowest BCUT2D eigenvalue weighted by atomic mass is 10.2. The Morgan fingerprint density at radius 1 is 1.20 bits per heavy atom. The zero-order valence-corrected chi connectivity index (χ0v) is 10.2. The number of benzene rings is 1. The summed E-state index contributed by atoms with van der Waals surface area (Å²) in [5.41, 5.74) is -0.265. The van der Waals surface area contributed by atoms with E-state index in [1.807, 2.05) is 0 Å². The van der Waals surface area contributed by atoms with Crippen molar-refractivity contribution >= 4 is 17.3 Å². The first-order chi connectivity index (χ1) is 9.38. The number of hydrogen-bond donors (Lipinski definition) is 2. The van der Waals surface area contributed by atoms with E-state index in [1.54, 1.807) is 6.92 Å². The highest BCUT2D eigenvalue weighted by molar-refractivity contribution is 5.94. The Bertz CT molecular complexity index is 690. The number of aromatic nitrogens is 1. The van der Waals surface area contributed by atoms with Crippen molar-refractivity contribution in [2.24, 2.45) is 0 Å². The molecule has 0 aliphatic heterocycles. The van der Waals surface area contributed by atoms with Crippen LogP contribution in [0.15, 0.2) is 24.4 Å². The van der Waals surface area contributed by atoms with Crippen LogP contribution in [0, 0.1) is 24.4 Å². The van der Waals surface area contributed by atoms with Gasteiger partial charge in [-0.05, 0) is 13.0 Å². The van der Waals surface area contributed by atoms with E-state index in [2.05, 4.69) is 10.3 Å². The summed E-state index contributed by atoms with van der Waals surface area (Å²) in [5.74, 6) is -4.93. The molecule has 1 heterocycles. The Morgan fingerprint density at radius 3 is 2.55 bits per heavy atom. The second kappa shape index (κ2) is 5.20. The van der Waals surface area contributed by atoms with Crippen LogP contribution in [0.3, 0.4) is 0 Å². The molecule has 2 rings (SSSR count). The highest BCUT2D eigenvalue weighted by Gasteiger charge is 2.15. The number of hydrogen-bond acceptors (Lipinski definition) is 3. The minimum atomic E-state index is -1.37. The average molecular weight is 282 g/mol. The molecule has 0 atom stereocenters. The third-order valence-electron chi connectivity index (χ3n) is 2.53. The molecule has 0 fully saturated rings. The van der Waals surface area contributed by atoms with Gasteiger partial charge in [-0.15, -0.1) is 0 Å². The minimum Gasteiger partial charge on any atom is -0.478 e. The van der Waals surface area contributed by atoms with Crippen LogP contribution >= 0.6 is 0 Å². The van der Waals surface area contributed by atoms with Crippen LogP contribution in [0.4, 0.5) is 24.5 Å². The van der Waals surface area contributed by atoms with Gasteiger partial charge in [-0.2, -0.15) is 0 Å². The number of aromatic carboxylic acids is 1. The van der Waals surface area contributed by atoms with Crippen LogP contribution in [-0.4, -0.2) is 16.1 Å². The summed E-state index contributed by atoms with van der Waals surface area (Å²) in [6, 6.07) is 2.47. The van der Waals surface area contributed by atoms with Crippen LogP contribution in [0.5, 0.6) is 0 Å². The molecule has 4 nitrogen and oxygen atoms in total. The lowest BCUT2D eigenvalue weighted by Gasteiger charge is -2.11. The van der Waals surface area contributed by atoms with E-state index < -0.39 is 29.1 Å². The molecule has 0 unspecified atom stereocenters. The van der Waals surface area contributed by atoms with Crippen LogP contribution in [0.2, 0.25) is 0 Å². The predicted molar refractivity (Wildman–Crippen MR) is 65.5 cm³/mol. The fourth-order valence-electron chi connectivity index (χ4n) is 1.63. The number of carboxylic acids is 1. The van der Waals surface area contributed by atoms with E-state index >= 15 is 0 Å². The monoisotopic (exact) mass is 282 g/mol. The lowest BCUT2D eigenvalue weighted by Crippen LogP contribution is -2.06. The third kappa shape index (κ3) is 2.71. The molecule has 104 valence electrons. The molecule has 0 saturated carbocycles. The molecule has 0 saturated heterocycles. The van der Waals surface area contributed by atoms with Crippen molar-refractivity contribution in [2.45, 2.75) is 6.92 Å². The number of halogens is 3. The number of pyridine rings is 1. The summed E-state index contributed by atoms with van der Waals surface area (Å²) in [7, 11) is 0. The normalized spacial score (nSPS) is 10.4. The molecule has 0 amide bonds. The molecule has 1 aromatic heterocycles. The maximum absolute atomic E-state index is 13.5. The fourth-order valence-corrected chi connectivity index (χ4v) is 1.63. The van der Waals surface area contributed by atoms with Gasteiger partial charge in [0.25, 0.3) is 0 Å². The molecule has 0 spiro atoms. The summed E-state index contributed by atoms with van der Waals surface area (Å²) >= 11 is 0. The molecule has 20 heavy (non-hydrogen) atoms. The SMILES string of the molecule is Cc1cc(Nc2cc(F)cc(F)c2F)c(C(=O)O)cn1. The standard InChI is InChI=1S/C13H9F3N2O2/c1-6-2-10(8(5-17-6)13(19)20)18-11-4-7(14)3-9(15)12(11)16/h2-5H,1H3,(H,17,18)(H,19,20). The topological polar surface area (TPSA) is 62.2 Å². The number of aryl methyl sites for hydroxylation is 1. The number of rotatable bonds is 3. The number of carbonyl (C=O) groups is 1. The smallest absolute Gasteiger partial charge is 0.339 e. The predicted octanol–water partition coefficient (Wildman–Crippen LogP) is 3.25. The largest absolute Gasteiger partial charge is 0.478 e. The molecular weight excluding hydrogens is 273 g/mol. The van der Waals surface area contributed by atoms with Gasteiger partial charge in [-0.1, -0.05) is 0 Å². The van der Waals surface area contributed by atoms with E-state index in [9.17, 15) is 18.0 Å². The molecule has 2 N–H and O–H groups in total. The van der Waals surface area contributed by atoms with Gasteiger partial charge in [-0.3, -0.25) is 4.98 Å². The molecule has 7 heteroatoms.